The highest BCUT2D eigenvalue weighted by Crippen LogP contribution is 2.31. The third-order valence-electron chi connectivity index (χ3n) is 1.41. The number of ether oxygens (including phenoxy) is 1. The highest BCUT2D eigenvalue weighted by molar-refractivity contribution is 8.00. The van der Waals surface area contributed by atoms with Crippen LogP contribution < -0.4 is 0 Å². The quantitative estimate of drug-likeness (QED) is 0.560. The van der Waals surface area contributed by atoms with Gasteiger partial charge in [0, 0.05) is 5.25 Å². The number of hydrogen-bond acceptors (Lipinski definition) is 2. The Kier molecular flexibility index (Phi) is 2.42. The molecule has 0 aromatic rings. The Morgan fingerprint density at radius 3 is 2.44 bits per heavy atom. The van der Waals surface area contributed by atoms with E-state index in [-0.39, 0.29) is 0 Å². The van der Waals surface area contributed by atoms with Gasteiger partial charge >= 0.3 is 0 Å². The van der Waals surface area contributed by atoms with Crippen molar-refractivity contribution in [2.75, 3.05) is 6.61 Å². The first-order chi connectivity index (χ1) is 4.20. The highest BCUT2D eigenvalue weighted by Gasteiger charge is 2.24. The second kappa shape index (κ2) is 2.93. The highest BCUT2D eigenvalue weighted by atomic mass is 32.2. The van der Waals surface area contributed by atoms with Crippen molar-refractivity contribution < 1.29 is 4.74 Å². The van der Waals surface area contributed by atoms with Crippen LogP contribution in [0.1, 0.15) is 20.8 Å². The Labute approximate surface area is 61.2 Å². The zero-order valence-corrected chi connectivity index (χ0v) is 7.07. The van der Waals surface area contributed by atoms with Crippen molar-refractivity contribution in [3.63, 3.8) is 0 Å². The molecule has 2 atom stereocenters. The van der Waals surface area contributed by atoms with E-state index < -0.39 is 0 Å². The van der Waals surface area contributed by atoms with Crippen LogP contribution in [0.2, 0.25) is 0 Å². The molecule has 9 heavy (non-hydrogen) atoms. The second-order valence-corrected chi connectivity index (χ2v) is 4.43. The van der Waals surface area contributed by atoms with Crippen LogP contribution in [-0.4, -0.2) is 17.3 Å². The maximum atomic E-state index is 5.49. The molecule has 1 saturated heterocycles. The van der Waals surface area contributed by atoms with Gasteiger partial charge < -0.3 is 4.74 Å². The minimum atomic E-state index is 0.458. The standard InChI is InChI=1S/C7H14OS/c1-5(2)7-8-4-6(3)9-7/h5-7H,4H2,1-3H3. The third kappa shape index (κ3) is 1.87. The summed E-state index contributed by atoms with van der Waals surface area (Å²) >= 11 is 1.95. The number of rotatable bonds is 1. The molecule has 2 heteroatoms. The summed E-state index contributed by atoms with van der Waals surface area (Å²) < 4.78 is 5.49. The molecule has 1 rings (SSSR count). The van der Waals surface area contributed by atoms with Gasteiger partial charge in [-0.3, -0.25) is 0 Å². The molecule has 1 heterocycles. The molecule has 0 bridgehead atoms. The zero-order chi connectivity index (χ0) is 6.85. The molecule has 2 unspecified atom stereocenters. The van der Waals surface area contributed by atoms with Gasteiger partial charge in [0.25, 0.3) is 0 Å². The largest absolute Gasteiger partial charge is 0.366 e. The van der Waals surface area contributed by atoms with E-state index in [1.165, 1.54) is 0 Å². The van der Waals surface area contributed by atoms with E-state index in [0.717, 1.165) is 6.61 Å². The molecule has 0 saturated carbocycles. The van der Waals surface area contributed by atoms with Crippen LogP contribution in [0, 0.1) is 5.92 Å². The first-order valence-electron chi connectivity index (χ1n) is 3.47. The van der Waals surface area contributed by atoms with Gasteiger partial charge in [0.1, 0.15) is 5.44 Å². The maximum absolute atomic E-state index is 5.49. The zero-order valence-electron chi connectivity index (χ0n) is 6.26. The summed E-state index contributed by atoms with van der Waals surface area (Å²) in [7, 11) is 0. The molecule has 0 aromatic heterocycles. The van der Waals surface area contributed by atoms with Crippen molar-refractivity contribution in [3.05, 3.63) is 0 Å². The van der Waals surface area contributed by atoms with Crippen LogP contribution in [0.25, 0.3) is 0 Å². The van der Waals surface area contributed by atoms with Crippen molar-refractivity contribution in [3.8, 4) is 0 Å². The number of thioether (sulfide) groups is 1. The summed E-state index contributed by atoms with van der Waals surface area (Å²) in [5, 5.41) is 0.706. The fraction of sp³-hybridized carbons (Fsp3) is 1.00. The monoisotopic (exact) mass is 146 g/mol. The van der Waals surface area contributed by atoms with Gasteiger partial charge in [0.2, 0.25) is 0 Å². The van der Waals surface area contributed by atoms with Crippen molar-refractivity contribution in [2.45, 2.75) is 31.5 Å². The molecule has 0 amide bonds. The molecule has 0 aromatic carbocycles. The predicted octanol–water partition coefficient (Wildman–Crippen LogP) is 2.12. The van der Waals surface area contributed by atoms with E-state index in [9.17, 15) is 0 Å². The van der Waals surface area contributed by atoms with Gasteiger partial charge in [-0.2, -0.15) is 0 Å². The van der Waals surface area contributed by atoms with Gasteiger partial charge in [-0.05, 0) is 5.92 Å². The lowest BCUT2D eigenvalue weighted by molar-refractivity contribution is 0.105. The normalized spacial score (nSPS) is 36.0. The second-order valence-electron chi connectivity index (χ2n) is 2.89. The molecule has 1 fully saturated rings. The molecule has 1 nitrogen and oxygen atoms in total. The van der Waals surface area contributed by atoms with Crippen LogP contribution in [0.4, 0.5) is 0 Å². The molecular formula is C7H14OS. The number of hydrogen-bond donors (Lipinski definition) is 0. The molecular weight excluding hydrogens is 132 g/mol. The van der Waals surface area contributed by atoms with E-state index in [1.54, 1.807) is 0 Å². The third-order valence-corrected chi connectivity index (χ3v) is 2.96. The summed E-state index contributed by atoms with van der Waals surface area (Å²) in [5.41, 5.74) is 0.458. The van der Waals surface area contributed by atoms with Crippen molar-refractivity contribution in [1.29, 1.82) is 0 Å². The lowest BCUT2D eigenvalue weighted by atomic mass is 10.2. The Morgan fingerprint density at radius 1 is 1.56 bits per heavy atom. The van der Waals surface area contributed by atoms with Crippen molar-refractivity contribution >= 4 is 11.8 Å². The van der Waals surface area contributed by atoms with E-state index in [4.69, 9.17) is 4.74 Å². The Hall–Kier alpha value is 0.310. The summed E-state index contributed by atoms with van der Waals surface area (Å²) in [6.07, 6.45) is 0. The Balaban J connectivity index is 2.30. The summed E-state index contributed by atoms with van der Waals surface area (Å²) in [5.74, 6) is 0.667. The summed E-state index contributed by atoms with van der Waals surface area (Å²) in [6.45, 7) is 7.56. The molecule has 0 N–H and O–H groups in total. The minimum absolute atomic E-state index is 0.458. The topological polar surface area (TPSA) is 9.23 Å². The molecule has 1 aliphatic rings. The molecule has 0 radical (unpaired) electrons. The van der Waals surface area contributed by atoms with Gasteiger partial charge in [0.15, 0.2) is 0 Å². The minimum Gasteiger partial charge on any atom is -0.366 e. The molecule has 54 valence electrons. The first-order valence-corrected chi connectivity index (χ1v) is 4.41. The lowest BCUT2D eigenvalue weighted by Crippen LogP contribution is -2.08. The van der Waals surface area contributed by atoms with E-state index >= 15 is 0 Å². The molecule has 1 aliphatic heterocycles. The van der Waals surface area contributed by atoms with Gasteiger partial charge in [0.05, 0.1) is 6.61 Å². The maximum Gasteiger partial charge on any atom is 0.105 e. The first kappa shape index (κ1) is 7.42. The average Bonchev–Trinajstić information content (AvgIpc) is 2.14. The average molecular weight is 146 g/mol. The predicted molar refractivity (Wildman–Crippen MR) is 41.6 cm³/mol. The Morgan fingerprint density at radius 2 is 2.22 bits per heavy atom. The van der Waals surface area contributed by atoms with Crippen LogP contribution >= 0.6 is 11.8 Å². The van der Waals surface area contributed by atoms with Crippen LogP contribution in [0.3, 0.4) is 0 Å². The van der Waals surface area contributed by atoms with Gasteiger partial charge in [-0.1, -0.05) is 20.8 Å². The summed E-state index contributed by atoms with van der Waals surface area (Å²) in [6, 6.07) is 0. The summed E-state index contributed by atoms with van der Waals surface area (Å²) in [4.78, 5) is 0. The lowest BCUT2D eigenvalue weighted by Gasteiger charge is -2.11. The van der Waals surface area contributed by atoms with Crippen LogP contribution in [0.5, 0.6) is 0 Å². The SMILES string of the molecule is CC1COC(C(C)C)S1. The van der Waals surface area contributed by atoms with Gasteiger partial charge in [-0.15, -0.1) is 11.8 Å². The van der Waals surface area contributed by atoms with Crippen molar-refractivity contribution in [2.24, 2.45) is 5.92 Å². The fourth-order valence-corrected chi connectivity index (χ4v) is 1.97. The molecule has 0 aliphatic carbocycles. The van der Waals surface area contributed by atoms with Crippen LogP contribution in [-0.2, 0) is 4.74 Å². The van der Waals surface area contributed by atoms with E-state index in [1.807, 2.05) is 11.8 Å². The van der Waals surface area contributed by atoms with E-state index in [0.29, 0.717) is 16.6 Å². The van der Waals surface area contributed by atoms with Gasteiger partial charge in [-0.25, -0.2) is 0 Å². The van der Waals surface area contributed by atoms with Crippen LogP contribution in [0.15, 0.2) is 0 Å². The molecule has 0 spiro atoms. The fourth-order valence-electron chi connectivity index (χ4n) is 0.887. The van der Waals surface area contributed by atoms with Crippen molar-refractivity contribution in [1.82, 2.24) is 0 Å². The smallest absolute Gasteiger partial charge is 0.105 e. The Bertz CT molecular complexity index is 92.9. The van der Waals surface area contributed by atoms with E-state index in [2.05, 4.69) is 20.8 Å².